The van der Waals surface area contributed by atoms with Crippen molar-refractivity contribution in [3.05, 3.63) is 53.1 Å². The molecule has 2 aromatic rings. The molecule has 0 aromatic heterocycles. The van der Waals surface area contributed by atoms with Crippen LogP contribution in [0, 0.1) is 13.8 Å². The molecule has 0 fully saturated rings. The van der Waals surface area contributed by atoms with Crippen LogP contribution in [0.15, 0.2) is 41.4 Å². The standard InChI is InChI=1S/C18H19NO3/c1-12-5-6-13(2)16(9-12)19-11-15-7-8-17(22-14(3)20)18(10-15)21-4/h5-11H,1-4H3. The number of hydrogen-bond acceptors (Lipinski definition) is 4. The largest absolute Gasteiger partial charge is 0.493 e. The Labute approximate surface area is 130 Å². The van der Waals surface area contributed by atoms with E-state index in [1.54, 1.807) is 18.3 Å². The average molecular weight is 297 g/mol. The van der Waals surface area contributed by atoms with Crippen LogP contribution in [0.25, 0.3) is 0 Å². The average Bonchev–Trinajstić information content (AvgIpc) is 2.48. The highest BCUT2D eigenvalue weighted by Crippen LogP contribution is 2.28. The first kappa shape index (κ1) is 15.8. The van der Waals surface area contributed by atoms with Crippen LogP contribution >= 0.6 is 0 Å². The van der Waals surface area contributed by atoms with Crippen molar-refractivity contribution in [3.8, 4) is 11.5 Å². The van der Waals surface area contributed by atoms with Crippen molar-refractivity contribution in [1.29, 1.82) is 0 Å². The molecule has 0 aliphatic rings. The van der Waals surface area contributed by atoms with Gasteiger partial charge in [0.15, 0.2) is 11.5 Å². The number of benzene rings is 2. The number of nitrogens with zero attached hydrogens (tertiary/aromatic N) is 1. The molecule has 0 amide bonds. The van der Waals surface area contributed by atoms with Crippen molar-refractivity contribution in [3.63, 3.8) is 0 Å². The minimum Gasteiger partial charge on any atom is -0.493 e. The predicted molar refractivity (Wildman–Crippen MR) is 87.5 cm³/mol. The molecule has 0 radical (unpaired) electrons. The fourth-order valence-electron chi connectivity index (χ4n) is 2.01. The molecule has 2 aromatic carbocycles. The molecule has 2 rings (SSSR count). The Balaban J connectivity index is 2.28. The van der Waals surface area contributed by atoms with Gasteiger partial charge in [0.2, 0.25) is 0 Å². The number of ether oxygens (including phenoxy) is 2. The van der Waals surface area contributed by atoms with Gasteiger partial charge in [-0.3, -0.25) is 9.79 Å². The highest BCUT2D eigenvalue weighted by atomic mass is 16.6. The van der Waals surface area contributed by atoms with Crippen LogP contribution < -0.4 is 9.47 Å². The number of carbonyl (C=O) groups excluding carboxylic acids is 1. The summed E-state index contributed by atoms with van der Waals surface area (Å²) in [4.78, 5) is 15.6. The molecule has 114 valence electrons. The predicted octanol–water partition coefficient (Wildman–Crippen LogP) is 3.99. The molecule has 0 atom stereocenters. The molecule has 0 aliphatic heterocycles. The van der Waals surface area contributed by atoms with Crippen LogP contribution in [-0.4, -0.2) is 19.3 Å². The number of hydrogen-bond donors (Lipinski definition) is 0. The van der Waals surface area contributed by atoms with E-state index in [1.807, 2.05) is 32.0 Å². The maximum atomic E-state index is 11.0. The number of aryl methyl sites for hydroxylation is 2. The van der Waals surface area contributed by atoms with Gasteiger partial charge in [-0.2, -0.15) is 0 Å². The summed E-state index contributed by atoms with van der Waals surface area (Å²) in [6, 6.07) is 11.5. The maximum Gasteiger partial charge on any atom is 0.308 e. The van der Waals surface area contributed by atoms with Crippen LogP contribution in [0.3, 0.4) is 0 Å². The Kier molecular flexibility index (Phi) is 4.94. The SMILES string of the molecule is COc1cc(C=Nc2cc(C)ccc2C)ccc1OC(C)=O. The lowest BCUT2D eigenvalue weighted by molar-refractivity contribution is -0.132. The number of carbonyl (C=O) groups is 1. The van der Waals surface area contributed by atoms with E-state index in [1.165, 1.54) is 19.6 Å². The lowest BCUT2D eigenvalue weighted by Gasteiger charge is -2.08. The van der Waals surface area contributed by atoms with Gasteiger partial charge in [0.05, 0.1) is 12.8 Å². The first-order valence-corrected chi connectivity index (χ1v) is 6.97. The third-order valence-corrected chi connectivity index (χ3v) is 3.16. The van der Waals surface area contributed by atoms with Gasteiger partial charge >= 0.3 is 5.97 Å². The third-order valence-electron chi connectivity index (χ3n) is 3.16. The second-order valence-corrected chi connectivity index (χ2v) is 5.05. The normalized spacial score (nSPS) is 10.7. The quantitative estimate of drug-likeness (QED) is 0.487. The molecule has 0 heterocycles. The minimum absolute atomic E-state index is 0.380. The Morgan fingerprint density at radius 2 is 1.86 bits per heavy atom. The molecule has 22 heavy (non-hydrogen) atoms. The summed E-state index contributed by atoms with van der Waals surface area (Å²) < 4.78 is 10.3. The topological polar surface area (TPSA) is 47.9 Å². The van der Waals surface area contributed by atoms with E-state index in [0.717, 1.165) is 16.8 Å². The van der Waals surface area contributed by atoms with Crippen molar-refractivity contribution in [2.24, 2.45) is 4.99 Å². The summed E-state index contributed by atoms with van der Waals surface area (Å²) in [6.45, 7) is 5.42. The first-order chi connectivity index (χ1) is 10.5. The molecule has 0 bridgehead atoms. The summed E-state index contributed by atoms with van der Waals surface area (Å²) in [5, 5.41) is 0. The van der Waals surface area contributed by atoms with E-state index in [4.69, 9.17) is 9.47 Å². The highest BCUT2D eigenvalue weighted by molar-refractivity contribution is 5.84. The molecule has 0 unspecified atom stereocenters. The molecule has 0 saturated carbocycles. The lowest BCUT2D eigenvalue weighted by atomic mass is 10.1. The second kappa shape index (κ2) is 6.89. The van der Waals surface area contributed by atoms with E-state index in [2.05, 4.69) is 11.1 Å². The van der Waals surface area contributed by atoms with E-state index in [9.17, 15) is 4.79 Å². The van der Waals surface area contributed by atoms with Gasteiger partial charge in [-0.1, -0.05) is 12.1 Å². The van der Waals surface area contributed by atoms with Crippen molar-refractivity contribution in [1.82, 2.24) is 0 Å². The summed E-state index contributed by atoms with van der Waals surface area (Å²) in [5.74, 6) is 0.522. The number of esters is 1. The molecular weight excluding hydrogens is 278 g/mol. The molecule has 0 aliphatic carbocycles. The Morgan fingerprint density at radius 3 is 2.55 bits per heavy atom. The van der Waals surface area contributed by atoms with E-state index in [0.29, 0.717) is 11.5 Å². The van der Waals surface area contributed by atoms with Gasteiger partial charge in [-0.15, -0.1) is 0 Å². The van der Waals surface area contributed by atoms with Crippen LogP contribution in [0.1, 0.15) is 23.6 Å². The van der Waals surface area contributed by atoms with E-state index < -0.39 is 0 Å². The van der Waals surface area contributed by atoms with Gasteiger partial charge in [-0.05, 0) is 54.8 Å². The van der Waals surface area contributed by atoms with Crippen LogP contribution in [0.5, 0.6) is 11.5 Å². The summed E-state index contributed by atoms with van der Waals surface area (Å²) in [5.41, 5.74) is 4.09. The highest BCUT2D eigenvalue weighted by Gasteiger charge is 2.07. The molecule has 4 nitrogen and oxygen atoms in total. The third kappa shape index (κ3) is 3.95. The Bertz CT molecular complexity index is 720. The van der Waals surface area contributed by atoms with Crippen molar-refractivity contribution >= 4 is 17.9 Å². The second-order valence-electron chi connectivity index (χ2n) is 5.05. The maximum absolute atomic E-state index is 11.0. The number of methoxy groups -OCH3 is 1. The van der Waals surface area contributed by atoms with Gasteiger partial charge in [0.1, 0.15) is 0 Å². The molecule has 0 spiro atoms. The molecule has 0 N–H and O–H groups in total. The van der Waals surface area contributed by atoms with Crippen molar-refractivity contribution in [2.75, 3.05) is 7.11 Å². The van der Waals surface area contributed by atoms with Crippen LogP contribution in [0.2, 0.25) is 0 Å². The zero-order valence-corrected chi connectivity index (χ0v) is 13.2. The van der Waals surface area contributed by atoms with Crippen LogP contribution in [0.4, 0.5) is 5.69 Å². The Hall–Kier alpha value is -2.62. The van der Waals surface area contributed by atoms with Gasteiger partial charge < -0.3 is 9.47 Å². The summed E-state index contributed by atoms with van der Waals surface area (Å²) in [6.07, 6.45) is 1.77. The fraction of sp³-hybridized carbons (Fsp3) is 0.222. The van der Waals surface area contributed by atoms with Crippen molar-refractivity contribution in [2.45, 2.75) is 20.8 Å². The summed E-state index contributed by atoms with van der Waals surface area (Å²) in [7, 11) is 1.54. The fourth-order valence-corrected chi connectivity index (χ4v) is 2.01. The zero-order chi connectivity index (χ0) is 16.1. The molecule has 4 heteroatoms. The van der Waals surface area contributed by atoms with Gasteiger partial charge in [0, 0.05) is 13.1 Å². The van der Waals surface area contributed by atoms with Crippen LogP contribution in [-0.2, 0) is 4.79 Å². The molecule has 0 saturated heterocycles. The smallest absolute Gasteiger partial charge is 0.308 e. The zero-order valence-electron chi connectivity index (χ0n) is 13.2. The summed E-state index contributed by atoms with van der Waals surface area (Å²) >= 11 is 0. The monoisotopic (exact) mass is 297 g/mol. The first-order valence-electron chi connectivity index (χ1n) is 6.97. The lowest BCUT2D eigenvalue weighted by Crippen LogP contribution is -2.03. The van der Waals surface area contributed by atoms with E-state index in [-0.39, 0.29) is 5.97 Å². The van der Waals surface area contributed by atoms with Gasteiger partial charge in [0.25, 0.3) is 0 Å². The number of aliphatic imine (C=N–C) groups is 1. The minimum atomic E-state index is -0.380. The van der Waals surface area contributed by atoms with Crippen molar-refractivity contribution < 1.29 is 14.3 Å². The van der Waals surface area contributed by atoms with Gasteiger partial charge in [-0.25, -0.2) is 0 Å². The Morgan fingerprint density at radius 1 is 1.09 bits per heavy atom. The molecular formula is C18H19NO3. The van der Waals surface area contributed by atoms with E-state index >= 15 is 0 Å². The number of rotatable bonds is 4.